The van der Waals surface area contributed by atoms with Crippen LogP contribution in [0.4, 0.5) is 0 Å². The smallest absolute Gasteiger partial charge is 0.276 e. The van der Waals surface area contributed by atoms with Crippen LogP contribution in [0.15, 0.2) is 6.20 Å². The van der Waals surface area contributed by atoms with Crippen LogP contribution in [0.2, 0.25) is 0 Å². The van der Waals surface area contributed by atoms with Gasteiger partial charge in [-0.25, -0.2) is 0 Å². The van der Waals surface area contributed by atoms with Crippen molar-refractivity contribution in [1.29, 1.82) is 0 Å². The highest BCUT2D eigenvalue weighted by Gasteiger charge is 2.33. The molecule has 1 amide bonds. The molecule has 1 aromatic heterocycles. The summed E-state index contributed by atoms with van der Waals surface area (Å²) < 4.78 is 0. The molecule has 0 spiro atoms. The van der Waals surface area contributed by atoms with Crippen molar-refractivity contribution >= 4 is 5.91 Å². The maximum atomic E-state index is 12.7. The minimum absolute atomic E-state index is 0.0455. The van der Waals surface area contributed by atoms with Crippen molar-refractivity contribution in [3.05, 3.63) is 11.9 Å². The molecule has 0 bridgehead atoms. The normalized spacial score (nSPS) is 25.4. The summed E-state index contributed by atoms with van der Waals surface area (Å²) in [5.41, 5.74) is 0.450. The molecule has 2 aliphatic rings. The summed E-state index contributed by atoms with van der Waals surface area (Å²) in [6, 6.07) is 0.379. The van der Waals surface area contributed by atoms with E-state index in [4.69, 9.17) is 0 Å². The second-order valence-corrected chi connectivity index (χ2v) is 5.86. The van der Waals surface area contributed by atoms with Crippen molar-refractivity contribution in [2.45, 2.75) is 44.6 Å². The van der Waals surface area contributed by atoms with E-state index >= 15 is 0 Å². The lowest BCUT2D eigenvalue weighted by molar-refractivity contribution is 0.0576. The molecule has 20 heavy (non-hydrogen) atoms. The lowest BCUT2D eigenvalue weighted by atomic mass is 9.86. The summed E-state index contributed by atoms with van der Waals surface area (Å²) in [6.45, 7) is 3.01. The van der Waals surface area contributed by atoms with E-state index in [1.165, 1.54) is 31.9 Å². The third-order valence-electron chi connectivity index (χ3n) is 4.62. The zero-order valence-electron chi connectivity index (χ0n) is 11.8. The van der Waals surface area contributed by atoms with Gasteiger partial charge in [-0.1, -0.05) is 12.8 Å². The Morgan fingerprint density at radius 2 is 2.05 bits per heavy atom. The van der Waals surface area contributed by atoms with Crippen LogP contribution in [-0.2, 0) is 0 Å². The summed E-state index contributed by atoms with van der Waals surface area (Å²) in [5.74, 6) is 0.675. The number of amides is 1. The molecule has 0 aliphatic carbocycles. The first-order valence-electron chi connectivity index (χ1n) is 7.74. The Kier molecular flexibility index (Phi) is 4.30. The van der Waals surface area contributed by atoms with Gasteiger partial charge in [-0.15, -0.1) is 0 Å². The van der Waals surface area contributed by atoms with Crippen molar-refractivity contribution in [2.75, 3.05) is 19.6 Å². The van der Waals surface area contributed by atoms with Gasteiger partial charge in [0.1, 0.15) is 0 Å². The second kappa shape index (κ2) is 6.35. The van der Waals surface area contributed by atoms with Crippen LogP contribution in [0, 0.1) is 5.92 Å². The number of piperidine rings is 1. The topological polar surface area (TPSA) is 73.9 Å². The number of carbonyl (C=O) groups excluding carboxylic acids is 1. The van der Waals surface area contributed by atoms with Gasteiger partial charge in [-0.05, 0) is 44.7 Å². The molecule has 2 fully saturated rings. The fourth-order valence-corrected chi connectivity index (χ4v) is 3.56. The molecule has 0 aromatic carbocycles. The molecule has 1 aromatic rings. The highest BCUT2D eigenvalue weighted by Crippen LogP contribution is 2.29. The van der Waals surface area contributed by atoms with E-state index in [0.29, 0.717) is 17.7 Å². The van der Waals surface area contributed by atoms with E-state index in [1.807, 2.05) is 0 Å². The molecule has 1 atom stereocenters. The fourth-order valence-electron chi connectivity index (χ4n) is 3.56. The molecule has 3 heterocycles. The van der Waals surface area contributed by atoms with Crippen LogP contribution in [0.25, 0.3) is 0 Å². The van der Waals surface area contributed by atoms with Crippen molar-refractivity contribution < 1.29 is 4.79 Å². The Hall–Kier alpha value is -1.43. The first-order chi connectivity index (χ1) is 9.86. The van der Waals surface area contributed by atoms with Crippen LogP contribution >= 0.6 is 0 Å². The summed E-state index contributed by atoms with van der Waals surface area (Å²) in [6.07, 6.45) is 8.58. The van der Waals surface area contributed by atoms with Gasteiger partial charge in [-0.2, -0.15) is 15.4 Å². The highest BCUT2D eigenvalue weighted by molar-refractivity contribution is 5.92. The van der Waals surface area contributed by atoms with Crippen LogP contribution in [0.1, 0.15) is 49.0 Å². The largest absolute Gasteiger partial charge is 0.334 e. The van der Waals surface area contributed by atoms with E-state index in [9.17, 15) is 4.79 Å². The number of hydrogen-bond acceptors (Lipinski definition) is 4. The molecule has 0 radical (unpaired) electrons. The lowest BCUT2D eigenvalue weighted by Crippen LogP contribution is -2.47. The van der Waals surface area contributed by atoms with Gasteiger partial charge >= 0.3 is 0 Å². The van der Waals surface area contributed by atoms with Gasteiger partial charge in [0.25, 0.3) is 5.91 Å². The second-order valence-electron chi connectivity index (χ2n) is 5.86. The number of aromatic nitrogens is 3. The molecule has 110 valence electrons. The minimum Gasteiger partial charge on any atom is -0.334 e. The van der Waals surface area contributed by atoms with E-state index in [1.54, 1.807) is 0 Å². The Morgan fingerprint density at radius 3 is 2.80 bits per heavy atom. The number of rotatable bonds is 2. The van der Waals surface area contributed by atoms with E-state index in [-0.39, 0.29) is 5.91 Å². The third kappa shape index (κ3) is 2.85. The van der Waals surface area contributed by atoms with Crippen molar-refractivity contribution in [2.24, 2.45) is 5.92 Å². The Balaban J connectivity index is 1.78. The Labute approximate surface area is 119 Å². The molecular formula is C14H23N5O. The molecule has 2 aliphatic heterocycles. The standard InChI is InChI=1S/C14H23N5O/c20-14(12-10-16-18-17-12)19-9-3-1-2-4-13(19)11-5-7-15-8-6-11/h10-11,13,15H,1-9H2,(H,16,17,18). The number of hydrogen-bond donors (Lipinski definition) is 2. The highest BCUT2D eigenvalue weighted by atomic mass is 16.2. The lowest BCUT2D eigenvalue weighted by Gasteiger charge is -2.37. The molecule has 2 saturated heterocycles. The molecule has 1 unspecified atom stereocenters. The van der Waals surface area contributed by atoms with Gasteiger partial charge < -0.3 is 10.2 Å². The Morgan fingerprint density at radius 1 is 1.20 bits per heavy atom. The molecule has 6 nitrogen and oxygen atoms in total. The van der Waals surface area contributed by atoms with Gasteiger partial charge in [0.05, 0.1) is 6.20 Å². The fraction of sp³-hybridized carbons (Fsp3) is 0.786. The predicted octanol–water partition coefficient (Wildman–Crippen LogP) is 1.19. The molecular weight excluding hydrogens is 254 g/mol. The van der Waals surface area contributed by atoms with E-state index < -0.39 is 0 Å². The SMILES string of the molecule is O=C(c1cn[nH]n1)N1CCCCCC1C1CCNCC1. The van der Waals surface area contributed by atoms with Crippen LogP contribution in [0.3, 0.4) is 0 Å². The van der Waals surface area contributed by atoms with Crippen LogP contribution < -0.4 is 5.32 Å². The third-order valence-corrected chi connectivity index (χ3v) is 4.62. The quantitative estimate of drug-likeness (QED) is 0.851. The molecule has 2 N–H and O–H groups in total. The van der Waals surface area contributed by atoms with Gasteiger partial charge in [0, 0.05) is 12.6 Å². The summed E-state index contributed by atoms with van der Waals surface area (Å²) >= 11 is 0. The van der Waals surface area contributed by atoms with E-state index in [2.05, 4.69) is 25.6 Å². The molecule has 0 saturated carbocycles. The van der Waals surface area contributed by atoms with Crippen molar-refractivity contribution in [3.8, 4) is 0 Å². The zero-order valence-corrected chi connectivity index (χ0v) is 11.8. The summed E-state index contributed by atoms with van der Waals surface area (Å²) in [7, 11) is 0. The van der Waals surface area contributed by atoms with Crippen molar-refractivity contribution in [3.63, 3.8) is 0 Å². The maximum Gasteiger partial charge on any atom is 0.276 e. The molecule has 6 heteroatoms. The predicted molar refractivity (Wildman–Crippen MR) is 75.3 cm³/mol. The van der Waals surface area contributed by atoms with Crippen molar-refractivity contribution in [1.82, 2.24) is 25.6 Å². The number of nitrogens with zero attached hydrogens (tertiary/aromatic N) is 3. The first-order valence-corrected chi connectivity index (χ1v) is 7.74. The number of likely N-dealkylation sites (tertiary alicyclic amines) is 1. The molecule has 3 rings (SSSR count). The first kappa shape index (κ1) is 13.5. The van der Waals surface area contributed by atoms with Gasteiger partial charge in [-0.3, -0.25) is 4.79 Å². The van der Waals surface area contributed by atoms with Gasteiger partial charge in [0.15, 0.2) is 5.69 Å². The zero-order chi connectivity index (χ0) is 13.8. The number of H-pyrrole nitrogens is 1. The number of aromatic amines is 1. The monoisotopic (exact) mass is 277 g/mol. The van der Waals surface area contributed by atoms with Crippen LogP contribution in [0.5, 0.6) is 0 Å². The summed E-state index contributed by atoms with van der Waals surface area (Å²) in [5, 5.41) is 13.7. The average Bonchev–Trinajstić information content (AvgIpc) is 2.92. The maximum absolute atomic E-state index is 12.7. The average molecular weight is 277 g/mol. The van der Waals surface area contributed by atoms with Crippen LogP contribution in [-0.4, -0.2) is 51.9 Å². The number of nitrogens with one attached hydrogen (secondary N) is 2. The van der Waals surface area contributed by atoms with Gasteiger partial charge in [0.2, 0.25) is 0 Å². The minimum atomic E-state index is 0.0455. The number of carbonyl (C=O) groups is 1. The summed E-state index contributed by atoms with van der Waals surface area (Å²) in [4.78, 5) is 14.7. The Bertz CT molecular complexity index is 427. The van der Waals surface area contributed by atoms with E-state index in [0.717, 1.165) is 32.5 Å².